The maximum Gasteiger partial charge on any atom is 0.270 e. The number of hydrogen-bond acceptors (Lipinski definition) is 4. The van der Waals surface area contributed by atoms with Crippen LogP contribution in [0.25, 0.3) is 5.65 Å². The van der Waals surface area contributed by atoms with Crippen molar-refractivity contribution < 1.29 is 9.59 Å². The van der Waals surface area contributed by atoms with E-state index in [1.165, 1.54) is 18.3 Å². The van der Waals surface area contributed by atoms with Crippen molar-refractivity contribution in [3.63, 3.8) is 0 Å². The molecule has 3 heterocycles. The Labute approximate surface area is 136 Å². The number of carbonyl (C=O) groups is 2. The van der Waals surface area contributed by atoms with Crippen LogP contribution in [0, 0.1) is 0 Å². The Morgan fingerprint density at radius 2 is 2.04 bits per heavy atom. The summed E-state index contributed by atoms with van der Waals surface area (Å²) >= 11 is 5.91. The summed E-state index contributed by atoms with van der Waals surface area (Å²) in [6.07, 6.45) is 4.79. The summed E-state index contributed by atoms with van der Waals surface area (Å²) in [6.45, 7) is 0.247. The largest absolute Gasteiger partial charge is 0.366 e. The van der Waals surface area contributed by atoms with Gasteiger partial charge < -0.3 is 15.5 Å². The Balaban J connectivity index is 1.68. The van der Waals surface area contributed by atoms with Crippen molar-refractivity contribution in [2.75, 3.05) is 0 Å². The minimum absolute atomic E-state index is 0.196. The summed E-state index contributed by atoms with van der Waals surface area (Å²) < 4.78 is 1.78. The molecule has 0 unspecified atom stereocenters. The number of imidazole rings is 1. The lowest BCUT2D eigenvalue weighted by atomic mass is 10.2. The zero-order chi connectivity index (χ0) is 16.4. The fourth-order valence-electron chi connectivity index (χ4n) is 2.04. The van der Waals surface area contributed by atoms with Crippen LogP contribution in [0.3, 0.4) is 0 Å². The molecule has 0 saturated heterocycles. The third-order valence-corrected chi connectivity index (χ3v) is 3.40. The van der Waals surface area contributed by atoms with E-state index < -0.39 is 5.91 Å². The normalized spacial score (nSPS) is 10.7. The molecule has 0 fully saturated rings. The van der Waals surface area contributed by atoms with Gasteiger partial charge in [0.15, 0.2) is 0 Å². The highest BCUT2D eigenvalue weighted by Gasteiger charge is 2.10. The van der Waals surface area contributed by atoms with Crippen LogP contribution in [0.15, 0.2) is 42.9 Å². The molecule has 3 aromatic heterocycles. The number of aromatic nitrogens is 3. The van der Waals surface area contributed by atoms with Gasteiger partial charge >= 0.3 is 0 Å². The molecule has 0 saturated carbocycles. The van der Waals surface area contributed by atoms with Gasteiger partial charge in [0.1, 0.15) is 11.3 Å². The topological polar surface area (TPSA) is 102 Å². The van der Waals surface area contributed by atoms with Gasteiger partial charge in [0, 0.05) is 18.6 Å². The van der Waals surface area contributed by atoms with Crippen molar-refractivity contribution >= 4 is 29.1 Å². The minimum atomic E-state index is -0.590. The van der Waals surface area contributed by atoms with Gasteiger partial charge in [-0.1, -0.05) is 11.6 Å². The van der Waals surface area contributed by atoms with Crippen molar-refractivity contribution in [1.29, 1.82) is 0 Å². The molecule has 3 aromatic rings. The number of nitrogens with one attached hydrogen (secondary N) is 1. The number of primary amides is 1. The van der Waals surface area contributed by atoms with E-state index in [0.717, 1.165) is 5.65 Å². The van der Waals surface area contributed by atoms with E-state index in [2.05, 4.69) is 15.3 Å². The van der Waals surface area contributed by atoms with Crippen LogP contribution in [0.5, 0.6) is 0 Å². The van der Waals surface area contributed by atoms with Crippen LogP contribution in [-0.4, -0.2) is 26.2 Å². The third-order valence-electron chi connectivity index (χ3n) is 3.18. The fraction of sp³-hybridized carbons (Fsp3) is 0.0667. The van der Waals surface area contributed by atoms with Crippen molar-refractivity contribution in [2.24, 2.45) is 5.73 Å². The van der Waals surface area contributed by atoms with Crippen molar-refractivity contribution in [3.05, 3.63) is 64.8 Å². The Bertz CT molecular complexity index is 889. The lowest BCUT2D eigenvalue weighted by Gasteiger charge is -2.03. The van der Waals surface area contributed by atoms with Gasteiger partial charge in [-0.25, -0.2) is 4.98 Å². The molecule has 23 heavy (non-hydrogen) atoms. The minimum Gasteiger partial charge on any atom is -0.366 e. The van der Waals surface area contributed by atoms with E-state index >= 15 is 0 Å². The van der Waals surface area contributed by atoms with Gasteiger partial charge in [-0.3, -0.25) is 14.6 Å². The summed E-state index contributed by atoms with van der Waals surface area (Å²) in [7, 11) is 0. The molecule has 0 aliphatic carbocycles. The highest BCUT2D eigenvalue weighted by atomic mass is 35.5. The number of amides is 2. The Morgan fingerprint density at radius 3 is 2.74 bits per heavy atom. The Morgan fingerprint density at radius 1 is 1.22 bits per heavy atom. The summed E-state index contributed by atoms with van der Waals surface area (Å²) in [4.78, 5) is 31.3. The molecule has 116 valence electrons. The number of fused-ring (bicyclic) bond motifs is 1. The predicted octanol–water partition coefficient (Wildman–Crippen LogP) is 1.41. The molecule has 0 radical (unpaired) electrons. The van der Waals surface area contributed by atoms with Crippen LogP contribution in [0.2, 0.25) is 5.02 Å². The molecular formula is C15H12ClN5O2. The number of carbonyl (C=O) groups excluding carboxylic acids is 2. The monoisotopic (exact) mass is 329 g/mol. The van der Waals surface area contributed by atoms with Crippen molar-refractivity contribution in [3.8, 4) is 0 Å². The smallest absolute Gasteiger partial charge is 0.270 e. The van der Waals surface area contributed by atoms with Crippen LogP contribution in [0.4, 0.5) is 0 Å². The van der Waals surface area contributed by atoms with E-state index in [0.29, 0.717) is 10.7 Å². The first-order chi connectivity index (χ1) is 11.0. The standard InChI is InChI=1S/C15H12ClN5O2/c16-10-2-4-13-20-11(8-21(13)7-10)6-19-15(23)12-3-1-9(5-18-12)14(17)22/h1-5,7-8H,6H2,(H2,17,22)(H,19,23). The first-order valence-corrected chi connectivity index (χ1v) is 7.08. The summed E-state index contributed by atoms with van der Waals surface area (Å²) in [5.41, 5.74) is 7.00. The number of nitrogens with two attached hydrogens (primary N) is 1. The molecule has 0 atom stereocenters. The molecular weight excluding hydrogens is 318 g/mol. The molecule has 3 rings (SSSR count). The van der Waals surface area contributed by atoms with E-state index in [9.17, 15) is 9.59 Å². The molecule has 2 amide bonds. The lowest BCUT2D eigenvalue weighted by Crippen LogP contribution is -2.24. The molecule has 0 spiro atoms. The van der Waals surface area contributed by atoms with Gasteiger partial charge in [0.2, 0.25) is 5.91 Å². The van der Waals surface area contributed by atoms with Gasteiger partial charge in [-0.2, -0.15) is 0 Å². The molecule has 3 N–H and O–H groups in total. The van der Waals surface area contributed by atoms with Crippen LogP contribution < -0.4 is 11.1 Å². The van der Waals surface area contributed by atoms with Crippen molar-refractivity contribution in [2.45, 2.75) is 6.54 Å². The number of pyridine rings is 2. The first kappa shape index (κ1) is 15.0. The number of halogens is 1. The maximum absolute atomic E-state index is 12.0. The predicted molar refractivity (Wildman–Crippen MR) is 84.1 cm³/mol. The molecule has 0 aromatic carbocycles. The quantitative estimate of drug-likeness (QED) is 0.755. The highest BCUT2D eigenvalue weighted by molar-refractivity contribution is 6.30. The number of rotatable bonds is 4. The van der Waals surface area contributed by atoms with Crippen LogP contribution >= 0.6 is 11.6 Å². The van der Waals surface area contributed by atoms with E-state index in [-0.39, 0.29) is 23.7 Å². The van der Waals surface area contributed by atoms with E-state index in [1.54, 1.807) is 28.9 Å². The highest BCUT2D eigenvalue weighted by Crippen LogP contribution is 2.11. The van der Waals surface area contributed by atoms with E-state index in [4.69, 9.17) is 17.3 Å². The molecule has 7 nitrogen and oxygen atoms in total. The maximum atomic E-state index is 12.0. The zero-order valence-corrected chi connectivity index (χ0v) is 12.6. The van der Waals surface area contributed by atoms with Gasteiger partial charge in [-0.15, -0.1) is 0 Å². The lowest BCUT2D eigenvalue weighted by molar-refractivity contribution is 0.0942. The Hall–Kier alpha value is -2.93. The molecule has 0 aliphatic heterocycles. The molecule has 8 heteroatoms. The van der Waals surface area contributed by atoms with Crippen molar-refractivity contribution in [1.82, 2.24) is 19.7 Å². The average Bonchev–Trinajstić information content (AvgIpc) is 2.94. The van der Waals surface area contributed by atoms with Crippen LogP contribution in [-0.2, 0) is 6.54 Å². The van der Waals surface area contributed by atoms with Crippen LogP contribution in [0.1, 0.15) is 26.5 Å². The zero-order valence-electron chi connectivity index (χ0n) is 11.9. The second kappa shape index (κ2) is 6.05. The van der Waals surface area contributed by atoms with E-state index in [1.807, 2.05) is 0 Å². The molecule has 0 aliphatic rings. The summed E-state index contributed by atoms with van der Waals surface area (Å²) in [5, 5.41) is 3.31. The second-order valence-corrected chi connectivity index (χ2v) is 5.26. The third kappa shape index (κ3) is 3.29. The Kier molecular flexibility index (Phi) is 3.94. The first-order valence-electron chi connectivity index (χ1n) is 6.70. The SMILES string of the molecule is NC(=O)c1ccc(C(=O)NCc2cn3cc(Cl)ccc3n2)nc1. The summed E-state index contributed by atoms with van der Waals surface area (Å²) in [5.74, 6) is -0.955. The number of hydrogen-bond donors (Lipinski definition) is 2. The van der Waals surface area contributed by atoms with Gasteiger partial charge in [0.25, 0.3) is 5.91 Å². The average molecular weight is 330 g/mol. The fourth-order valence-corrected chi connectivity index (χ4v) is 2.21. The molecule has 0 bridgehead atoms. The van der Waals surface area contributed by atoms with Gasteiger partial charge in [-0.05, 0) is 24.3 Å². The second-order valence-electron chi connectivity index (χ2n) is 4.82. The van der Waals surface area contributed by atoms with Gasteiger partial charge in [0.05, 0.1) is 22.8 Å². The summed E-state index contributed by atoms with van der Waals surface area (Å²) in [6, 6.07) is 6.43. The number of nitrogens with zero attached hydrogens (tertiary/aromatic N) is 3.